The Morgan fingerprint density at radius 2 is 1.47 bits per heavy atom. The summed E-state index contributed by atoms with van der Waals surface area (Å²) in [5.74, 6) is -1.69. The fraction of sp³-hybridized carbons (Fsp3) is 0.440. The predicted octanol–water partition coefficient (Wildman–Crippen LogP) is 1.72. The molecule has 182 valence electrons. The first-order chi connectivity index (χ1) is 16.3. The number of benzene rings is 2. The fourth-order valence-electron chi connectivity index (χ4n) is 4.80. The van der Waals surface area contributed by atoms with Crippen LogP contribution in [-0.2, 0) is 0 Å². The molecule has 0 aromatic heterocycles. The van der Waals surface area contributed by atoms with Gasteiger partial charge in [0, 0.05) is 43.6 Å². The summed E-state index contributed by atoms with van der Waals surface area (Å²) in [6, 6.07) is 6.12. The maximum Gasteiger partial charge on any atom is 0.200 e. The summed E-state index contributed by atoms with van der Waals surface area (Å²) >= 11 is 0. The highest BCUT2D eigenvalue weighted by Gasteiger charge is 2.38. The van der Waals surface area contributed by atoms with Crippen LogP contribution < -0.4 is 10.6 Å². The van der Waals surface area contributed by atoms with E-state index in [1.807, 2.05) is 19.0 Å². The summed E-state index contributed by atoms with van der Waals surface area (Å²) in [7, 11) is 3.88. The van der Waals surface area contributed by atoms with E-state index in [2.05, 4.69) is 15.5 Å². The van der Waals surface area contributed by atoms with Crippen LogP contribution in [0.4, 0.5) is 11.4 Å². The Hall–Kier alpha value is -3.14. The van der Waals surface area contributed by atoms with Gasteiger partial charge in [-0.3, -0.25) is 14.5 Å². The first kappa shape index (κ1) is 24.0. The largest absolute Gasteiger partial charge is 0.507 e. The van der Waals surface area contributed by atoms with E-state index in [0.29, 0.717) is 31.0 Å². The molecular formula is C25H32N4O5. The molecule has 1 fully saturated rings. The highest BCUT2D eigenvalue weighted by molar-refractivity contribution is 6.33. The highest BCUT2D eigenvalue weighted by Crippen LogP contribution is 2.42. The van der Waals surface area contributed by atoms with Crippen LogP contribution in [0.2, 0.25) is 0 Å². The van der Waals surface area contributed by atoms with E-state index in [9.17, 15) is 24.9 Å². The Morgan fingerprint density at radius 1 is 0.912 bits per heavy atom. The molecular weight excluding hydrogens is 436 g/mol. The van der Waals surface area contributed by atoms with Gasteiger partial charge in [-0.15, -0.1) is 0 Å². The van der Waals surface area contributed by atoms with Gasteiger partial charge in [0.15, 0.2) is 0 Å². The molecule has 0 bridgehead atoms. The number of phenols is 2. The molecule has 0 amide bonds. The van der Waals surface area contributed by atoms with Gasteiger partial charge in [-0.1, -0.05) is 0 Å². The maximum atomic E-state index is 13.6. The van der Waals surface area contributed by atoms with Gasteiger partial charge in [0.1, 0.15) is 11.5 Å². The average molecular weight is 469 g/mol. The predicted molar refractivity (Wildman–Crippen MR) is 130 cm³/mol. The molecule has 1 aliphatic carbocycles. The number of hydrogen-bond donors (Lipinski definition) is 5. The fourth-order valence-corrected chi connectivity index (χ4v) is 4.80. The van der Waals surface area contributed by atoms with Gasteiger partial charge in [-0.05, 0) is 57.7 Å². The van der Waals surface area contributed by atoms with Crippen LogP contribution in [0.5, 0.6) is 11.5 Å². The van der Waals surface area contributed by atoms with E-state index in [0.717, 1.165) is 25.9 Å². The van der Waals surface area contributed by atoms with Gasteiger partial charge in [-0.2, -0.15) is 0 Å². The first-order valence-corrected chi connectivity index (χ1v) is 11.6. The third-order valence-corrected chi connectivity index (χ3v) is 6.57. The number of aromatic hydroxyl groups is 2. The third-order valence-electron chi connectivity index (χ3n) is 6.57. The second-order valence-corrected chi connectivity index (χ2v) is 9.09. The molecule has 1 atom stereocenters. The average Bonchev–Trinajstić information content (AvgIpc) is 3.26. The molecule has 0 radical (unpaired) electrons. The molecule has 0 unspecified atom stereocenters. The highest BCUT2D eigenvalue weighted by atomic mass is 16.3. The van der Waals surface area contributed by atoms with Crippen molar-refractivity contribution < 1.29 is 24.9 Å². The molecule has 0 spiro atoms. The molecule has 34 heavy (non-hydrogen) atoms. The zero-order chi connectivity index (χ0) is 24.4. The number of carbonyl (C=O) groups excluding carboxylic acids is 2. The van der Waals surface area contributed by atoms with Crippen LogP contribution in [0.1, 0.15) is 44.7 Å². The Kier molecular flexibility index (Phi) is 7.06. The van der Waals surface area contributed by atoms with Crippen molar-refractivity contribution in [2.24, 2.45) is 0 Å². The van der Waals surface area contributed by atoms with Gasteiger partial charge < -0.3 is 30.9 Å². The zero-order valence-electron chi connectivity index (χ0n) is 19.6. The molecule has 5 N–H and O–H groups in total. The number of likely N-dealkylation sites (N-methyl/N-ethyl adjacent to an activating group) is 1. The number of aliphatic hydroxyl groups excluding tert-OH is 1. The van der Waals surface area contributed by atoms with Crippen LogP contribution in [-0.4, -0.2) is 96.2 Å². The monoisotopic (exact) mass is 468 g/mol. The van der Waals surface area contributed by atoms with Crippen LogP contribution in [0, 0.1) is 0 Å². The number of hydrogen-bond acceptors (Lipinski definition) is 9. The first-order valence-electron chi connectivity index (χ1n) is 11.6. The minimum Gasteiger partial charge on any atom is -0.507 e. The standard InChI is InChI=1S/C25H32N4O5/c1-28(2)12-9-26-16-5-6-17(27-10-13-29-11-3-4-15(29)14-30)21-20(16)24(33)22-18(31)7-8-19(32)23(22)25(21)34/h5-8,15,26-27,30-32H,3-4,9-14H2,1-2H3/t15-/m0/s1. The molecule has 9 nitrogen and oxygen atoms in total. The maximum absolute atomic E-state index is 13.6. The van der Waals surface area contributed by atoms with Crippen molar-refractivity contribution in [2.75, 3.05) is 64.1 Å². The quantitative estimate of drug-likeness (QED) is 0.299. The molecule has 0 saturated carbocycles. The molecule has 2 aliphatic rings. The third kappa shape index (κ3) is 4.46. The topological polar surface area (TPSA) is 125 Å². The number of phenolic OH excluding ortho intramolecular Hbond substituents is 2. The summed E-state index contributed by atoms with van der Waals surface area (Å²) in [6.45, 7) is 3.53. The van der Waals surface area contributed by atoms with Crippen LogP contribution in [0.3, 0.4) is 0 Å². The number of likely N-dealkylation sites (tertiary alicyclic amines) is 1. The lowest BCUT2D eigenvalue weighted by Crippen LogP contribution is -2.36. The second kappa shape index (κ2) is 10.0. The summed E-state index contributed by atoms with van der Waals surface area (Å²) in [4.78, 5) is 31.3. The molecule has 9 heteroatoms. The Morgan fingerprint density at radius 3 is 2.00 bits per heavy atom. The van der Waals surface area contributed by atoms with Crippen molar-refractivity contribution >= 4 is 22.9 Å². The summed E-state index contributed by atoms with van der Waals surface area (Å²) in [5.41, 5.74) is 1.04. The minimum absolute atomic E-state index is 0.120. The number of aliphatic hydroxyl groups is 1. The number of fused-ring (bicyclic) bond motifs is 2. The Labute approximate surface area is 199 Å². The minimum atomic E-state index is -0.508. The smallest absolute Gasteiger partial charge is 0.200 e. The van der Waals surface area contributed by atoms with Crippen molar-refractivity contribution in [1.29, 1.82) is 0 Å². The van der Waals surface area contributed by atoms with Crippen molar-refractivity contribution in [3.05, 3.63) is 46.5 Å². The van der Waals surface area contributed by atoms with Gasteiger partial charge in [0.05, 0.1) is 28.9 Å². The van der Waals surface area contributed by atoms with Gasteiger partial charge in [0.2, 0.25) is 11.6 Å². The van der Waals surface area contributed by atoms with E-state index in [-0.39, 0.29) is 46.4 Å². The Balaban J connectivity index is 1.68. The van der Waals surface area contributed by atoms with Crippen LogP contribution in [0.15, 0.2) is 24.3 Å². The lowest BCUT2D eigenvalue weighted by molar-refractivity contribution is 0.0975. The SMILES string of the molecule is CN(C)CCNc1ccc(NCCN2CCC[C@H]2CO)c2c1C(=O)c1c(O)ccc(O)c1C2=O. The van der Waals surface area contributed by atoms with E-state index in [4.69, 9.17) is 0 Å². The number of nitrogens with one attached hydrogen (secondary N) is 2. The van der Waals surface area contributed by atoms with Gasteiger partial charge in [-0.25, -0.2) is 0 Å². The number of ketones is 2. The zero-order valence-corrected chi connectivity index (χ0v) is 19.6. The molecule has 2 aromatic carbocycles. The molecule has 2 aromatic rings. The molecule has 1 aliphatic heterocycles. The van der Waals surface area contributed by atoms with Crippen molar-refractivity contribution in [3.63, 3.8) is 0 Å². The number of carbonyl (C=O) groups is 2. The molecule has 4 rings (SSSR count). The van der Waals surface area contributed by atoms with E-state index in [1.54, 1.807) is 12.1 Å². The summed E-state index contributed by atoms with van der Waals surface area (Å²) in [6.07, 6.45) is 2.01. The normalized spacial score (nSPS) is 17.7. The van der Waals surface area contributed by atoms with Crippen molar-refractivity contribution in [2.45, 2.75) is 18.9 Å². The lowest BCUT2D eigenvalue weighted by Gasteiger charge is -2.26. The molecule has 1 saturated heterocycles. The van der Waals surface area contributed by atoms with Crippen molar-refractivity contribution in [3.8, 4) is 11.5 Å². The second-order valence-electron chi connectivity index (χ2n) is 9.09. The van der Waals surface area contributed by atoms with Crippen molar-refractivity contribution in [1.82, 2.24) is 9.80 Å². The summed E-state index contributed by atoms with van der Waals surface area (Å²) in [5, 5.41) is 36.8. The van der Waals surface area contributed by atoms with Gasteiger partial charge in [0.25, 0.3) is 0 Å². The molecule has 1 heterocycles. The Bertz CT molecular complexity index is 1100. The van der Waals surface area contributed by atoms with Crippen LogP contribution in [0.25, 0.3) is 0 Å². The lowest BCUT2D eigenvalue weighted by atomic mass is 9.81. The van der Waals surface area contributed by atoms with Crippen LogP contribution >= 0.6 is 0 Å². The van der Waals surface area contributed by atoms with E-state index < -0.39 is 11.6 Å². The van der Waals surface area contributed by atoms with E-state index in [1.165, 1.54) is 12.1 Å². The number of nitrogens with zero attached hydrogens (tertiary/aromatic N) is 2. The summed E-state index contributed by atoms with van der Waals surface area (Å²) < 4.78 is 0. The number of rotatable bonds is 9. The number of anilines is 2. The van der Waals surface area contributed by atoms with Gasteiger partial charge >= 0.3 is 0 Å². The van der Waals surface area contributed by atoms with E-state index >= 15 is 0 Å².